The van der Waals surface area contributed by atoms with Crippen molar-refractivity contribution in [1.29, 1.82) is 0 Å². The van der Waals surface area contributed by atoms with Gasteiger partial charge < -0.3 is 14.6 Å². The molecule has 0 saturated carbocycles. The van der Waals surface area contributed by atoms with E-state index in [1.54, 1.807) is 18.9 Å². The van der Waals surface area contributed by atoms with Crippen molar-refractivity contribution in [2.45, 2.75) is 42.9 Å². The molecule has 0 aliphatic carbocycles. The summed E-state index contributed by atoms with van der Waals surface area (Å²) in [6, 6.07) is 23.3. The number of benzene rings is 3. The molecule has 1 atom stereocenters. The Hall–Kier alpha value is -2.47. The summed E-state index contributed by atoms with van der Waals surface area (Å²) in [7, 11) is 1.69. The zero-order valence-electron chi connectivity index (χ0n) is 21.6. The molecule has 4 rings (SSSR count). The highest BCUT2D eigenvalue weighted by molar-refractivity contribution is 7.98. The molecule has 1 N–H and O–H groups in total. The summed E-state index contributed by atoms with van der Waals surface area (Å²) in [6.07, 6.45) is 7.72. The first-order valence-electron chi connectivity index (χ1n) is 13.0. The molecule has 0 bridgehead atoms. The lowest BCUT2D eigenvalue weighted by molar-refractivity contribution is 0.183. The van der Waals surface area contributed by atoms with Gasteiger partial charge in [0.25, 0.3) is 0 Å². The third kappa shape index (κ3) is 7.28. The fourth-order valence-electron chi connectivity index (χ4n) is 5.02. The van der Waals surface area contributed by atoms with Crippen molar-refractivity contribution in [2.24, 2.45) is 0 Å². The third-order valence-corrected chi connectivity index (χ3v) is 7.92. The maximum atomic E-state index is 10.3. The van der Waals surface area contributed by atoms with E-state index in [1.807, 2.05) is 6.07 Å². The van der Waals surface area contributed by atoms with Crippen LogP contribution in [-0.2, 0) is 12.8 Å². The van der Waals surface area contributed by atoms with Crippen LogP contribution in [0.3, 0.4) is 0 Å². The van der Waals surface area contributed by atoms with Crippen molar-refractivity contribution in [1.82, 2.24) is 4.90 Å². The van der Waals surface area contributed by atoms with Crippen LogP contribution in [0.5, 0.6) is 11.5 Å². The van der Waals surface area contributed by atoms with Gasteiger partial charge >= 0.3 is 0 Å². The maximum Gasteiger partial charge on any atom is 0.119 e. The summed E-state index contributed by atoms with van der Waals surface area (Å²) in [5, 5.41) is 10.3. The molecule has 0 unspecified atom stereocenters. The summed E-state index contributed by atoms with van der Waals surface area (Å²) < 4.78 is 11.4. The Morgan fingerprint density at radius 2 is 1.64 bits per heavy atom. The predicted octanol–water partition coefficient (Wildman–Crippen LogP) is 6.19. The van der Waals surface area contributed by atoms with Gasteiger partial charge in [0.1, 0.15) is 18.1 Å². The van der Waals surface area contributed by atoms with E-state index in [9.17, 15) is 5.11 Å². The average Bonchev–Trinajstić information content (AvgIpc) is 2.94. The first kappa shape index (κ1) is 26.6. The average molecular weight is 506 g/mol. The predicted molar refractivity (Wildman–Crippen MR) is 150 cm³/mol. The fraction of sp³-hybridized carbons (Fsp3) is 0.419. The van der Waals surface area contributed by atoms with Gasteiger partial charge in [0.15, 0.2) is 0 Å². The summed E-state index contributed by atoms with van der Waals surface area (Å²) in [5.74, 6) is 1.82. The van der Waals surface area contributed by atoms with Crippen LogP contribution < -0.4 is 9.47 Å². The second-order valence-corrected chi connectivity index (χ2v) is 10.4. The van der Waals surface area contributed by atoms with Gasteiger partial charge in [-0.25, -0.2) is 0 Å². The number of hydrogen-bond acceptors (Lipinski definition) is 5. The van der Waals surface area contributed by atoms with E-state index in [0.29, 0.717) is 0 Å². The number of ether oxygens (including phenoxy) is 2. The molecule has 0 aromatic heterocycles. The monoisotopic (exact) mass is 505 g/mol. The number of hydrogen-bond donors (Lipinski definition) is 1. The number of likely N-dealkylation sites (tertiary alicyclic amines) is 1. The summed E-state index contributed by atoms with van der Waals surface area (Å²) in [6.45, 7) is 4.27. The maximum absolute atomic E-state index is 10.3. The Balaban J connectivity index is 1.39. The van der Waals surface area contributed by atoms with Crippen molar-refractivity contribution < 1.29 is 14.6 Å². The van der Waals surface area contributed by atoms with Crippen molar-refractivity contribution in [3.05, 3.63) is 89.0 Å². The van der Waals surface area contributed by atoms with Gasteiger partial charge in [-0.3, -0.25) is 4.90 Å². The summed E-state index contributed by atoms with van der Waals surface area (Å²) >= 11 is 1.70. The van der Waals surface area contributed by atoms with Crippen molar-refractivity contribution >= 4 is 11.8 Å². The minimum absolute atomic E-state index is 0.0372. The highest BCUT2D eigenvalue weighted by atomic mass is 32.2. The zero-order valence-corrected chi connectivity index (χ0v) is 22.4. The number of rotatable bonds is 12. The van der Waals surface area contributed by atoms with E-state index in [-0.39, 0.29) is 12.5 Å². The van der Waals surface area contributed by atoms with Gasteiger partial charge in [-0.15, -0.1) is 11.8 Å². The summed E-state index contributed by atoms with van der Waals surface area (Å²) in [4.78, 5) is 3.66. The highest BCUT2D eigenvalue weighted by Crippen LogP contribution is 2.33. The van der Waals surface area contributed by atoms with E-state index in [4.69, 9.17) is 9.47 Å². The van der Waals surface area contributed by atoms with Gasteiger partial charge in [0.05, 0.1) is 13.7 Å². The lowest BCUT2D eigenvalue weighted by Crippen LogP contribution is -2.33. The zero-order chi connectivity index (χ0) is 25.2. The third-order valence-electron chi connectivity index (χ3n) is 7.13. The molecule has 3 aromatic carbocycles. The Kier molecular flexibility index (Phi) is 10.1. The molecule has 0 amide bonds. The first-order valence-corrected chi connectivity index (χ1v) is 14.3. The molecule has 5 heteroatoms. The van der Waals surface area contributed by atoms with E-state index in [0.717, 1.165) is 42.4 Å². The van der Waals surface area contributed by atoms with Crippen LogP contribution in [0.1, 0.15) is 47.4 Å². The van der Waals surface area contributed by atoms with E-state index >= 15 is 0 Å². The summed E-state index contributed by atoms with van der Waals surface area (Å²) in [5.41, 5.74) is 5.02. The van der Waals surface area contributed by atoms with Crippen LogP contribution >= 0.6 is 11.8 Å². The number of methoxy groups -OCH3 is 1. The SMILES string of the molecule is COc1ccc([C@H](CO)Cc2ccccc2Cc2ccc(OCCN3CCCCC3)cc2)c(SC)c1. The van der Waals surface area contributed by atoms with Crippen LogP contribution in [-0.4, -0.2) is 56.2 Å². The van der Waals surface area contributed by atoms with Crippen molar-refractivity contribution in [3.63, 3.8) is 0 Å². The van der Waals surface area contributed by atoms with E-state index < -0.39 is 0 Å². The molecular formula is C31H39NO3S. The number of piperidine rings is 1. The molecule has 1 aliphatic rings. The minimum atomic E-state index is 0.0372. The van der Waals surface area contributed by atoms with Gasteiger partial charge in [-0.05, 0) is 91.5 Å². The van der Waals surface area contributed by atoms with Crippen LogP contribution in [0, 0.1) is 0 Å². The molecule has 0 radical (unpaired) electrons. The van der Waals surface area contributed by atoms with Gasteiger partial charge in [0.2, 0.25) is 0 Å². The Morgan fingerprint density at radius 3 is 2.33 bits per heavy atom. The van der Waals surface area contributed by atoms with Crippen LogP contribution in [0.15, 0.2) is 71.6 Å². The molecule has 3 aromatic rings. The largest absolute Gasteiger partial charge is 0.497 e. The Labute approximate surface area is 220 Å². The van der Waals surface area contributed by atoms with Crippen LogP contribution in [0.25, 0.3) is 0 Å². The van der Waals surface area contributed by atoms with Gasteiger partial charge in [0, 0.05) is 17.4 Å². The topological polar surface area (TPSA) is 41.9 Å². The molecular weight excluding hydrogens is 466 g/mol. The fourth-order valence-corrected chi connectivity index (χ4v) is 5.73. The standard InChI is InChI=1S/C31H39NO3S/c1-34-29-14-15-30(31(22-29)36-2)27(23-33)21-26-9-5-4-8-25(26)20-24-10-12-28(13-11-24)35-19-18-32-16-6-3-7-17-32/h4-5,8-15,22,27,33H,3,6-7,16-21,23H2,1-2H3/t27-/m0/s1. The van der Waals surface area contributed by atoms with Gasteiger partial charge in [-0.1, -0.05) is 48.9 Å². The lowest BCUT2D eigenvalue weighted by atomic mass is 9.89. The quantitative estimate of drug-likeness (QED) is 0.297. The highest BCUT2D eigenvalue weighted by Gasteiger charge is 2.18. The van der Waals surface area contributed by atoms with Gasteiger partial charge in [-0.2, -0.15) is 0 Å². The molecule has 1 saturated heterocycles. The molecule has 0 spiro atoms. The number of aliphatic hydroxyl groups is 1. The van der Waals surface area contributed by atoms with Crippen molar-refractivity contribution in [2.75, 3.05) is 46.2 Å². The molecule has 4 nitrogen and oxygen atoms in total. The van der Waals surface area contributed by atoms with Crippen LogP contribution in [0.4, 0.5) is 0 Å². The van der Waals surface area contributed by atoms with E-state index in [1.165, 1.54) is 54.6 Å². The molecule has 1 aliphatic heterocycles. The molecule has 1 fully saturated rings. The minimum Gasteiger partial charge on any atom is -0.497 e. The Bertz CT molecular complexity index is 1080. The second-order valence-electron chi connectivity index (χ2n) is 9.53. The molecule has 192 valence electrons. The van der Waals surface area contributed by atoms with Crippen molar-refractivity contribution in [3.8, 4) is 11.5 Å². The smallest absolute Gasteiger partial charge is 0.119 e. The second kappa shape index (κ2) is 13.7. The lowest BCUT2D eigenvalue weighted by Gasteiger charge is -2.26. The number of nitrogens with zero attached hydrogens (tertiary/aromatic N) is 1. The molecule has 1 heterocycles. The first-order chi connectivity index (χ1) is 17.7. The number of aliphatic hydroxyl groups excluding tert-OH is 1. The normalized spacial score (nSPS) is 15.0. The number of thioether (sulfide) groups is 1. The van der Waals surface area contributed by atoms with E-state index in [2.05, 4.69) is 71.8 Å². The Morgan fingerprint density at radius 1 is 0.917 bits per heavy atom. The van der Waals surface area contributed by atoms with Crippen LogP contribution in [0.2, 0.25) is 0 Å². The molecule has 36 heavy (non-hydrogen) atoms.